The molecule has 0 heterocycles. The maximum Gasteiger partial charge on any atom is 0.0756 e. The molecule has 10 heavy (non-hydrogen) atoms. The van der Waals surface area contributed by atoms with Gasteiger partial charge in [0, 0.05) is 6.61 Å². The number of hydrogen-bond donors (Lipinski definition) is 2. The highest BCUT2D eigenvalue weighted by molar-refractivity contribution is 4.32. The van der Waals surface area contributed by atoms with E-state index in [1.54, 1.807) is 0 Å². The van der Waals surface area contributed by atoms with Crippen molar-refractivity contribution in [2.24, 2.45) is 0 Å². The van der Waals surface area contributed by atoms with Crippen LogP contribution in [0.5, 0.6) is 0 Å². The molecule has 3 N–H and O–H groups in total. The molecule has 62 valence electrons. The molecule has 0 aromatic rings. The summed E-state index contributed by atoms with van der Waals surface area (Å²) in [6.07, 6.45) is 4.72. The quantitative estimate of drug-likeness (QED) is 0.492. The molecule has 0 amide bonds. The van der Waals surface area contributed by atoms with Gasteiger partial charge in [0.25, 0.3) is 0 Å². The molecule has 0 unspecified atom stereocenters. The van der Waals surface area contributed by atoms with E-state index in [1.165, 1.54) is 25.9 Å². The fraction of sp³-hybridized carbons (Fsp3) is 1.00. The highest BCUT2D eigenvalue weighted by Crippen LogP contribution is 1.81. The molecule has 0 aliphatic rings. The Morgan fingerprint density at radius 1 is 1.10 bits per heavy atom. The molecule has 2 heteroatoms. The zero-order valence-corrected chi connectivity index (χ0v) is 6.97. The first-order valence-corrected chi connectivity index (χ1v) is 4.34. The van der Waals surface area contributed by atoms with Crippen molar-refractivity contribution in [1.82, 2.24) is 0 Å². The molecule has 0 aromatic heterocycles. The van der Waals surface area contributed by atoms with Crippen molar-refractivity contribution >= 4 is 0 Å². The van der Waals surface area contributed by atoms with Crippen molar-refractivity contribution in [1.29, 1.82) is 0 Å². The summed E-state index contributed by atoms with van der Waals surface area (Å²) in [5.41, 5.74) is 0. The van der Waals surface area contributed by atoms with Crippen LogP contribution in [0.1, 0.15) is 32.6 Å². The number of aliphatic hydroxyl groups excluding tert-OH is 1. The van der Waals surface area contributed by atoms with Crippen LogP contribution in [0.15, 0.2) is 0 Å². The Bertz CT molecular complexity index is 49.2. The predicted molar refractivity (Wildman–Crippen MR) is 42.9 cm³/mol. The van der Waals surface area contributed by atoms with E-state index in [0.29, 0.717) is 6.61 Å². The smallest absolute Gasteiger partial charge is 0.0756 e. The van der Waals surface area contributed by atoms with Crippen LogP contribution in [0.3, 0.4) is 0 Å². The van der Waals surface area contributed by atoms with Crippen LogP contribution in [-0.4, -0.2) is 24.8 Å². The van der Waals surface area contributed by atoms with Crippen LogP contribution < -0.4 is 5.32 Å². The maximum absolute atomic E-state index is 8.46. The van der Waals surface area contributed by atoms with Crippen LogP contribution >= 0.6 is 0 Å². The van der Waals surface area contributed by atoms with Gasteiger partial charge in [0.15, 0.2) is 0 Å². The summed E-state index contributed by atoms with van der Waals surface area (Å²) in [5, 5.41) is 10.8. The van der Waals surface area contributed by atoms with Gasteiger partial charge >= 0.3 is 0 Å². The van der Waals surface area contributed by atoms with Gasteiger partial charge in [-0.15, -0.1) is 0 Å². The first kappa shape index (κ1) is 9.92. The molecular formula is C8H20NO+. The monoisotopic (exact) mass is 146 g/mol. The summed E-state index contributed by atoms with van der Waals surface area (Å²) >= 11 is 0. The summed E-state index contributed by atoms with van der Waals surface area (Å²) in [7, 11) is 0. The lowest BCUT2D eigenvalue weighted by Crippen LogP contribution is -2.84. The van der Waals surface area contributed by atoms with Crippen molar-refractivity contribution in [3.8, 4) is 0 Å². The van der Waals surface area contributed by atoms with Gasteiger partial charge in [0.1, 0.15) is 0 Å². The normalized spacial score (nSPS) is 10.2. The topological polar surface area (TPSA) is 36.8 Å². The molecule has 0 aliphatic carbocycles. The molecule has 0 radical (unpaired) electrons. The number of rotatable bonds is 7. The van der Waals surface area contributed by atoms with E-state index in [9.17, 15) is 0 Å². The molecule has 0 spiro atoms. The number of nitrogens with two attached hydrogens (primary N) is 1. The van der Waals surface area contributed by atoms with Crippen molar-refractivity contribution in [3.63, 3.8) is 0 Å². The average Bonchev–Trinajstić information content (AvgIpc) is 1.97. The Morgan fingerprint density at radius 3 is 2.40 bits per heavy atom. The highest BCUT2D eigenvalue weighted by Gasteiger charge is 1.89. The number of quaternary nitrogens is 1. The van der Waals surface area contributed by atoms with E-state index < -0.39 is 0 Å². The highest BCUT2D eigenvalue weighted by atomic mass is 16.2. The number of unbranched alkanes of at least 4 members (excludes halogenated alkanes) is 2. The zero-order chi connectivity index (χ0) is 7.66. The van der Waals surface area contributed by atoms with Crippen molar-refractivity contribution in [2.75, 3.05) is 19.7 Å². The third-order valence-electron chi connectivity index (χ3n) is 1.58. The van der Waals surface area contributed by atoms with Crippen LogP contribution in [-0.2, 0) is 0 Å². The van der Waals surface area contributed by atoms with E-state index in [2.05, 4.69) is 12.2 Å². The second kappa shape index (κ2) is 8.92. The van der Waals surface area contributed by atoms with Crippen LogP contribution in [0.2, 0.25) is 0 Å². The standard InChI is InChI=1S/C8H19NO/c1-2-3-6-9-7-4-5-8-10/h9-10H,2-8H2,1H3/p+1. The number of aliphatic hydroxyl groups is 1. The average molecular weight is 146 g/mol. The fourth-order valence-electron chi connectivity index (χ4n) is 0.893. The molecule has 0 atom stereocenters. The van der Waals surface area contributed by atoms with Gasteiger partial charge in [-0.25, -0.2) is 0 Å². The minimum absolute atomic E-state index is 0.349. The molecular weight excluding hydrogens is 126 g/mol. The van der Waals surface area contributed by atoms with Gasteiger partial charge in [-0.2, -0.15) is 0 Å². The van der Waals surface area contributed by atoms with Crippen molar-refractivity contribution < 1.29 is 10.4 Å². The van der Waals surface area contributed by atoms with Crippen molar-refractivity contribution in [3.05, 3.63) is 0 Å². The van der Waals surface area contributed by atoms with E-state index in [4.69, 9.17) is 5.11 Å². The first-order valence-electron chi connectivity index (χ1n) is 4.34. The van der Waals surface area contributed by atoms with Gasteiger partial charge < -0.3 is 10.4 Å². The SMILES string of the molecule is CCCC[NH2+]CCCCO. The molecule has 2 nitrogen and oxygen atoms in total. The summed E-state index contributed by atoms with van der Waals surface area (Å²) in [6.45, 7) is 4.99. The largest absolute Gasteiger partial charge is 0.396 e. The maximum atomic E-state index is 8.46. The second-order valence-corrected chi connectivity index (χ2v) is 2.65. The summed E-state index contributed by atoms with van der Waals surface area (Å²) in [6, 6.07) is 0. The molecule has 0 saturated heterocycles. The molecule has 0 saturated carbocycles. The van der Waals surface area contributed by atoms with Crippen LogP contribution in [0.4, 0.5) is 0 Å². The van der Waals surface area contributed by atoms with Crippen LogP contribution in [0.25, 0.3) is 0 Å². The van der Waals surface area contributed by atoms with Gasteiger partial charge in [-0.05, 0) is 19.3 Å². The minimum atomic E-state index is 0.349. The van der Waals surface area contributed by atoms with Gasteiger partial charge in [-0.3, -0.25) is 0 Å². The van der Waals surface area contributed by atoms with E-state index in [-0.39, 0.29) is 0 Å². The molecule has 0 rings (SSSR count). The molecule has 0 bridgehead atoms. The summed E-state index contributed by atoms with van der Waals surface area (Å²) < 4.78 is 0. The third-order valence-corrected chi connectivity index (χ3v) is 1.58. The summed E-state index contributed by atoms with van der Waals surface area (Å²) in [5.74, 6) is 0. The first-order chi connectivity index (χ1) is 4.91. The predicted octanol–water partition coefficient (Wildman–Crippen LogP) is 0.122. The third kappa shape index (κ3) is 7.92. The summed E-state index contributed by atoms with van der Waals surface area (Å²) in [4.78, 5) is 0. The lowest BCUT2D eigenvalue weighted by molar-refractivity contribution is -0.655. The van der Waals surface area contributed by atoms with Gasteiger partial charge in [0.2, 0.25) is 0 Å². The Kier molecular flexibility index (Phi) is 8.85. The number of hydrogen-bond acceptors (Lipinski definition) is 1. The molecule has 0 aromatic carbocycles. The van der Waals surface area contributed by atoms with Crippen LogP contribution in [0, 0.1) is 0 Å². The Morgan fingerprint density at radius 2 is 1.80 bits per heavy atom. The lowest BCUT2D eigenvalue weighted by Gasteiger charge is -1.98. The zero-order valence-electron chi connectivity index (χ0n) is 6.97. The Labute approximate surface area is 63.6 Å². The van der Waals surface area contributed by atoms with Gasteiger partial charge in [0.05, 0.1) is 13.1 Å². The lowest BCUT2D eigenvalue weighted by atomic mass is 10.3. The fourth-order valence-corrected chi connectivity index (χ4v) is 0.893. The molecule has 0 fully saturated rings. The van der Waals surface area contributed by atoms with E-state index in [0.717, 1.165) is 12.8 Å². The Hall–Kier alpha value is -0.0800. The van der Waals surface area contributed by atoms with E-state index >= 15 is 0 Å². The molecule has 0 aliphatic heterocycles. The van der Waals surface area contributed by atoms with Crippen molar-refractivity contribution in [2.45, 2.75) is 32.6 Å². The second-order valence-electron chi connectivity index (χ2n) is 2.65. The van der Waals surface area contributed by atoms with Gasteiger partial charge in [-0.1, -0.05) is 13.3 Å². The minimum Gasteiger partial charge on any atom is -0.396 e. The Balaban J connectivity index is 2.65. The van der Waals surface area contributed by atoms with E-state index in [1.807, 2.05) is 0 Å².